The Morgan fingerprint density at radius 1 is 1.25 bits per heavy atom. The number of halogens is 1. The normalized spacial score (nSPS) is 16.3. The topological polar surface area (TPSA) is 34.0 Å². The lowest BCUT2D eigenvalue weighted by molar-refractivity contribution is 0.307. The molecule has 0 saturated heterocycles. The Bertz CT molecular complexity index is 872. The molecule has 0 unspecified atom stereocenters. The standard InChI is InChI=1S/C19H21ClN4/c1-13(7-14-9-21-12-22-10-14)24-18-4-3-15(20)8-16(18)17-11-23(2)6-5-19(17)24/h3-4,8-10,12-13H,5-7,11H2,1-2H3/t13-/m1/s1. The molecule has 4 rings (SSSR count). The van der Waals surface area contributed by atoms with Crippen LogP contribution in [0.2, 0.25) is 5.02 Å². The first-order valence-electron chi connectivity index (χ1n) is 8.37. The lowest BCUT2D eigenvalue weighted by Gasteiger charge is -2.26. The van der Waals surface area contributed by atoms with E-state index in [0.717, 1.165) is 31.0 Å². The SMILES string of the molecule is C[C@H](Cc1cncnc1)n1c2c(c3cc(Cl)ccc31)CN(C)CC2. The molecule has 0 saturated carbocycles. The second kappa shape index (κ2) is 6.19. The van der Waals surface area contributed by atoms with E-state index in [0.29, 0.717) is 6.04 Å². The molecule has 124 valence electrons. The molecule has 0 N–H and O–H groups in total. The molecule has 2 aromatic heterocycles. The van der Waals surface area contributed by atoms with Gasteiger partial charge in [0.25, 0.3) is 0 Å². The first kappa shape index (κ1) is 15.6. The van der Waals surface area contributed by atoms with Crippen LogP contribution in [0.25, 0.3) is 10.9 Å². The smallest absolute Gasteiger partial charge is 0.115 e. The zero-order valence-corrected chi connectivity index (χ0v) is 14.8. The lowest BCUT2D eigenvalue weighted by atomic mass is 10.0. The second-order valence-corrected chi connectivity index (χ2v) is 7.18. The van der Waals surface area contributed by atoms with E-state index in [1.165, 1.54) is 27.7 Å². The number of aromatic nitrogens is 3. The van der Waals surface area contributed by atoms with E-state index in [2.05, 4.69) is 45.5 Å². The average molecular weight is 341 g/mol. The Kier molecular flexibility index (Phi) is 4.02. The average Bonchev–Trinajstić information content (AvgIpc) is 2.89. The van der Waals surface area contributed by atoms with Gasteiger partial charge in [0.1, 0.15) is 6.33 Å². The zero-order valence-electron chi connectivity index (χ0n) is 14.0. The molecular weight excluding hydrogens is 320 g/mol. The molecular formula is C19H21ClN4. The molecule has 0 aliphatic carbocycles. The van der Waals surface area contributed by atoms with Crippen molar-refractivity contribution in [2.24, 2.45) is 0 Å². The van der Waals surface area contributed by atoms with Crippen molar-refractivity contribution in [3.63, 3.8) is 0 Å². The van der Waals surface area contributed by atoms with Crippen LogP contribution in [0, 0.1) is 0 Å². The summed E-state index contributed by atoms with van der Waals surface area (Å²) in [7, 11) is 2.18. The van der Waals surface area contributed by atoms with Crippen LogP contribution in [0.4, 0.5) is 0 Å². The molecule has 0 bridgehead atoms. The molecule has 0 amide bonds. The number of benzene rings is 1. The monoisotopic (exact) mass is 340 g/mol. The van der Waals surface area contributed by atoms with Crippen LogP contribution in [-0.4, -0.2) is 33.0 Å². The number of hydrogen-bond acceptors (Lipinski definition) is 3. The molecule has 24 heavy (non-hydrogen) atoms. The van der Waals surface area contributed by atoms with Gasteiger partial charge in [0.2, 0.25) is 0 Å². The highest BCUT2D eigenvalue weighted by molar-refractivity contribution is 6.31. The first-order chi connectivity index (χ1) is 11.6. The molecule has 4 nitrogen and oxygen atoms in total. The van der Waals surface area contributed by atoms with Gasteiger partial charge in [-0.15, -0.1) is 0 Å². The van der Waals surface area contributed by atoms with Gasteiger partial charge >= 0.3 is 0 Å². The maximum absolute atomic E-state index is 6.28. The van der Waals surface area contributed by atoms with E-state index in [1.807, 2.05) is 18.5 Å². The number of hydrogen-bond donors (Lipinski definition) is 0. The molecule has 3 heterocycles. The van der Waals surface area contributed by atoms with Crippen molar-refractivity contribution in [2.45, 2.75) is 32.4 Å². The Balaban J connectivity index is 1.82. The minimum atomic E-state index is 0.354. The van der Waals surface area contributed by atoms with Gasteiger partial charge in [0, 0.05) is 59.6 Å². The Hall–Kier alpha value is -1.91. The Labute approximate surface area is 147 Å². The minimum absolute atomic E-state index is 0.354. The molecule has 1 aliphatic rings. The van der Waals surface area contributed by atoms with Crippen molar-refractivity contribution < 1.29 is 0 Å². The molecule has 0 fully saturated rings. The molecule has 1 atom stereocenters. The maximum atomic E-state index is 6.28. The van der Waals surface area contributed by atoms with Gasteiger partial charge in [-0.05, 0) is 49.7 Å². The third-order valence-corrected chi connectivity index (χ3v) is 5.16. The maximum Gasteiger partial charge on any atom is 0.115 e. The molecule has 1 aromatic carbocycles. The van der Waals surface area contributed by atoms with Gasteiger partial charge < -0.3 is 9.47 Å². The van der Waals surface area contributed by atoms with Crippen molar-refractivity contribution in [2.75, 3.05) is 13.6 Å². The molecule has 0 spiro atoms. The summed E-state index contributed by atoms with van der Waals surface area (Å²) < 4.78 is 2.50. The number of nitrogens with zero attached hydrogens (tertiary/aromatic N) is 4. The summed E-state index contributed by atoms with van der Waals surface area (Å²) in [5, 5.41) is 2.10. The third-order valence-electron chi connectivity index (χ3n) is 4.93. The van der Waals surface area contributed by atoms with Gasteiger partial charge in [-0.1, -0.05) is 11.6 Å². The van der Waals surface area contributed by atoms with Gasteiger partial charge in [-0.25, -0.2) is 9.97 Å². The van der Waals surface area contributed by atoms with Crippen LogP contribution in [-0.2, 0) is 19.4 Å². The van der Waals surface area contributed by atoms with Crippen LogP contribution in [0.15, 0.2) is 36.9 Å². The van der Waals surface area contributed by atoms with E-state index in [4.69, 9.17) is 11.6 Å². The summed E-state index contributed by atoms with van der Waals surface area (Å²) in [6.45, 7) is 4.36. The van der Waals surface area contributed by atoms with Crippen molar-refractivity contribution in [3.05, 3.63) is 58.8 Å². The van der Waals surface area contributed by atoms with Crippen LogP contribution >= 0.6 is 11.6 Å². The fourth-order valence-electron chi connectivity index (χ4n) is 3.87. The fourth-order valence-corrected chi connectivity index (χ4v) is 4.04. The zero-order chi connectivity index (χ0) is 16.7. The second-order valence-electron chi connectivity index (χ2n) is 6.74. The summed E-state index contributed by atoms with van der Waals surface area (Å²) in [6.07, 6.45) is 7.40. The number of fused-ring (bicyclic) bond motifs is 3. The van der Waals surface area contributed by atoms with E-state index >= 15 is 0 Å². The van der Waals surface area contributed by atoms with Gasteiger partial charge in [-0.2, -0.15) is 0 Å². The first-order valence-corrected chi connectivity index (χ1v) is 8.75. The number of likely N-dealkylation sites (N-methyl/N-ethyl adjacent to an activating group) is 1. The quantitative estimate of drug-likeness (QED) is 0.725. The molecule has 3 aromatic rings. The summed E-state index contributed by atoms with van der Waals surface area (Å²) in [6, 6.07) is 6.62. The number of rotatable bonds is 3. The Morgan fingerprint density at radius 2 is 2.04 bits per heavy atom. The highest BCUT2D eigenvalue weighted by atomic mass is 35.5. The van der Waals surface area contributed by atoms with Crippen molar-refractivity contribution in [3.8, 4) is 0 Å². The largest absolute Gasteiger partial charge is 0.341 e. The fraction of sp³-hybridized carbons (Fsp3) is 0.368. The predicted octanol–water partition coefficient (Wildman–Crippen LogP) is 3.88. The summed E-state index contributed by atoms with van der Waals surface area (Å²) in [5.74, 6) is 0. The van der Waals surface area contributed by atoms with E-state index < -0.39 is 0 Å². The third kappa shape index (κ3) is 2.70. The predicted molar refractivity (Wildman–Crippen MR) is 97.4 cm³/mol. The minimum Gasteiger partial charge on any atom is -0.341 e. The van der Waals surface area contributed by atoms with Crippen molar-refractivity contribution in [1.29, 1.82) is 0 Å². The molecule has 1 aliphatic heterocycles. The highest BCUT2D eigenvalue weighted by Crippen LogP contribution is 2.35. The van der Waals surface area contributed by atoms with Crippen LogP contribution in [0.3, 0.4) is 0 Å². The van der Waals surface area contributed by atoms with Crippen molar-refractivity contribution in [1.82, 2.24) is 19.4 Å². The Morgan fingerprint density at radius 3 is 2.83 bits per heavy atom. The van der Waals surface area contributed by atoms with Crippen molar-refractivity contribution >= 4 is 22.5 Å². The van der Waals surface area contributed by atoms with Gasteiger partial charge in [-0.3, -0.25) is 0 Å². The van der Waals surface area contributed by atoms with E-state index in [1.54, 1.807) is 6.33 Å². The van der Waals surface area contributed by atoms with Gasteiger partial charge in [0.05, 0.1) is 0 Å². The molecule has 5 heteroatoms. The van der Waals surface area contributed by atoms with Gasteiger partial charge in [0.15, 0.2) is 0 Å². The highest BCUT2D eigenvalue weighted by Gasteiger charge is 2.24. The van der Waals surface area contributed by atoms with Crippen LogP contribution < -0.4 is 0 Å². The summed E-state index contributed by atoms with van der Waals surface area (Å²) in [5.41, 5.74) is 5.33. The molecule has 0 radical (unpaired) electrons. The van der Waals surface area contributed by atoms with E-state index in [9.17, 15) is 0 Å². The lowest BCUT2D eigenvalue weighted by Crippen LogP contribution is -2.28. The summed E-state index contributed by atoms with van der Waals surface area (Å²) in [4.78, 5) is 10.7. The van der Waals surface area contributed by atoms with Crippen LogP contribution in [0.5, 0.6) is 0 Å². The van der Waals surface area contributed by atoms with E-state index in [-0.39, 0.29) is 0 Å². The summed E-state index contributed by atoms with van der Waals surface area (Å²) >= 11 is 6.28. The van der Waals surface area contributed by atoms with Crippen LogP contribution in [0.1, 0.15) is 29.8 Å².